The number of amides is 2. The highest BCUT2D eigenvalue weighted by Gasteiger charge is 2.35. The molecule has 2 aliphatic heterocycles. The van der Waals surface area contributed by atoms with Gasteiger partial charge in [-0.2, -0.15) is 4.31 Å². The topological polar surface area (TPSA) is 96.0 Å². The minimum atomic E-state index is -3.61. The number of nitrogens with zero attached hydrogens (tertiary/aromatic N) is 2. The van der Waals surface area contributed by atoms with Gasteiger partial charge in [0.15, 0.2) is 0 Å². The van der Waals surface area contributed by atoms with Crippen LogP contribution in [0.4, 0.5) is 4.79 Å². The van der Waals surface area contributed by atoms with Crippen LogP contribution in [0.15, 0.2) is 11.0 Å². The summed E-state index contributed by atoms with van der Waals surface area (Å²) in [5, 5.41) is 3.10. The molecule has 2 aliphatic rings. The average Bonchev–Trinajstić information content (AvgIpc) is 2.77. The van der Waals surface area contributed by atoms with E-state index >= 15 is 0 Å². The van der Waals surface area contributed by atoms with Crippen LogP contribution >= 0.6 is 0 Å². The van der Waals surface area contributed by atoms with E-state index in [4.69, 9.17) is 4.74 Å². The second-order valence-electron chi connectivity index (χ2n) is 9.01. The van der Waals surface area contributed by atoms with E-state index in [-0.39, 0.29) is 24.0 Å². The quantitative estimate of drug-likeness (QED) is 0.738. The molecule has 1 N–H and O–H groups in total. The molecule has 0 saturated carbocycles. The van der Waals surface area contributed by atoms with Crippen molar-refractivity contribution in [1.29, 1.82) is 0 Å². The number of carbonyl (C=O) groups is 2. The minimum absolute atomic E-state index is 0.0164. The number of rotatable bonds is 4. The Morgan fingerprint density at radius 1 is 0.938 bits per heavy atom. The number of likely N-dealkylation sites (tertiary alicyclic amines) is 1. The third kappa shape index (κ3) is 4.93. The van der Waals surface area contributed by atoms with Gasteiger partial charge in [-0.15, -0.1) is 0 Å². The molecule has 1 aromatic carbocycles. The Balaban J connectivity index is 1.58. The van der Waals surface area contributed by atoms with E-state index in [1.165, 1.54) is 11.4 Å². The zero-order chi connectivity index (χ0) is 23.6. The van der Waals surface area contributed by atoms with Gasteiger partial charge >= 0.3 is 6.09 Å². The Kier molecular flexibility index (Phi) is 7.50. The Hall–Kier alpha value is -2.13. The highest BCUT2D eigenvalue weighted by molar-refractivity contribution is 7.89. The smallest absolute Gasteiger partial charge is 0.409 e. The number of aryl methyl sites for hydroxylation is 2. The highest BCUT2D eigenvalue weighted by atomic mass is 32.2. The zero-order valence-electron chi connectivity index (χ0n) is 19.7. The van der Waals surface area contributed by atoms with Gasteiger partial charge in [0, 0.05) is 38.1 Å². The van der Waals surface area contributed by atoms with E-state index < -0.39 is 10.0 Å². The van der Waals surface area contributed by atoms with Crippen molar-refractivity contribution in [1.82, 2.24) is 14.5 Å². The number of piperidine rings is 2. The van der Waals surface area contributed by atoms with Crippen LogP contribution < -0.4 is 5.32 Å². The Morgan fingerprint density at radius 3 is 1.97 bits per heavy atom. The van der Waals surface area contributed by atoms with Crippen LogP contribution in [-0.2, 0) is 19.6 Å². The van der Waals surface area contributed by atoms with Crippen LogP contribution in [0.3, 0.4) is 0 Å². The Morgan fingerprint density at radius 2 is 1.47 bits per heavy atom. The van der Waals surface area contributed by atoms with E-state index in [9.17, 15) is 18.0 Å². The third-order valence-electron chi connectivity index (χ3n) is 6.99. The van der Waals surface area contributed by atoms with Crippen LogP contribution in [0.25, 0.3) is 0 Å². The lowest BCUT2D eigenvalue weighted by atomic mass is 9.96. The van der Waals surface area contributed by atoms with Crippen molar-refractivity contribution in [2.75, 3.05) is 33.3 Å². The van der Waals surface area contributed by atoms with Crippen molar-refractivity contribution in [2.24, 2.45) is 5.92 Å². The summed E-state index contributed by atoms with van der Waals surface area (Å²) < 4.78 is 33.1. The van der Waals surface area contributed by atoms with Crippen molar-refractivity contribution in [3.8, 4) is 0 Å². The predicted molar refractivity (Wildman–Crippen MR) is 122 cm³/mol. The number of sulfonamides is 1. The summed E-state index contributed by atoms with van der Waals surface area (Å²) in [6, 6.07) is 2.06. The van der Waals surface area contributed by atoms with Crippen molar-refractivity contribution in [2.45, 2.75) is 64.3 Å². The molecular formula is C23H35N3O5S. The number of methoxy groups -OCH3 is 1. The van der Waals surface area contributed by atoms with E-state index in [0.717, 1.165) is 22.3 Å². The summed E-state index contributed by atoms with van der Waals surface area (Å²) in [6.07, 6.45) is 2.07. The SMILES string of the molecule is COC(=O)N1CCC(NC(=O)C2CCN(S(=O)(=O)c3c(C)c(C)cc(C)c3C)CC2)CC1. The van der Waals surface area contributed by atoms with Crippen LogP contribution in [0.5, 0.6) is 0 Å². The fourth-order valence-electron chi connectivity index (χ4n) is 4.71. The number of nitrogens with one attached hydrogen (secondary N) is 1. The van der Waals surface area contributed by atoms with Crippen LogP contribution in [0, 0.1) is 33.6 Å². The van der Waals surface area contributed by atoms with Gasteiger partial charge in [0.05, 0.1) is 12.0 Å². The van der Waals surface area contributed by atoms with Crippen LogP contribution in [0.2, 0.25) is 0 Å². The van der Waals surface area contributed by atoms with E-state index in [2.05, 4.69) is 5.32 Å². The first kappa shape index (κ1) is 24.5. The average molecular weight is 466 g/mol. The lowest BCUT2D eigenvalue weighted by molar-refractivity contribution is -0.127. The first-order valence-corrected chi connectivity index (χ1v) is 12.7. The number of hydrogen-bond donors (Lipinski definition) is 1. The molecule has 9 heteroatoms. The first-order chi connectivity index (χ1) is 15.1. The van der Waals surface area contributed by atoms with Crippen molar-refractivity contribution >= 4 is 22.0 Å². The summed E-state index contributed by atoms with van der Waals surface area (Å²) in [6.45, 7) is 9.40. The molecule has 1 aromatic rings. The van der Waals surface area contributed by atoms with Gasteiger partial charge < -0.3 is 15.0 Å². The van der Waals surface area contributed by atoms with E-state index in [1.807, 2.05) is 33.8 Å². The number of hydrogen-bond acceptors (Lipinski definition) is 5. The number of ether oxygens (including phenoxy) is 1. The predicted octanol–water partition coefficient (Wildman–Crippen LogP) is 2.67. The van der Waals surface area contributed by atoms with Gasteiger partial charge in [-0.1, -0.05) is 6.07 Å². The number of benzene rings is 1. The third-order valence-corrected chi connectivity index (χ3v) is 9.17. The number of carbonyl (C=O) groups excluding carboxylic acids is 2. The molecule has 32 heavy (non-hydrogen) atoms. The van der Waals surface area contributed by atoms with E-state index in [0.29, 0.717) is 56.8 Å². The molecule has 0 aliphatic carbocycles. The molecular weight excluding hydrogens is 430 g/mol. The summed E-state index contributed by atoms with van der Waals surface area (Å²) in [5.74, 6) is -0.209. The van der Waals surface area contributed by atoms with Crippen molar-refractivity contribution in [3.63, 3.8) is 0 Å². The zero-order valence-corrected chi connectivity index (χ0v) is 20.5. The molecule has 0 radical (unpaired) electrons. The summed E-state index contributed by atoms with van der Waals surface area (Å²) in [5.41, 5.74) is 3.54. The fourth-order valence-corrected chi connectivity index (χ4v) is 6.76. The summed E-state index contributed by atoms with van der Waals surface area (Å²) in [7, 11) is -2.24. The molecule has 2 heterocycles. The van der Waals surface area contributed by atoms with Gasteiger partial charge in [-0.3, -0.25) is 4.79 Å². The standard InChI is InChI=1S/C23H35N3O5S/c1-15-14-16(2)18(4)21(17(15)3)32(29,30)26-12-6-19(7-13-26)22(27)24-20-8-10-25(11-9-20)23(28)31-5/h14,19-20H,6-13H2,1-5H3,(H,24,27). The van der Waals surface area contributed by atoms with Crippen LogP contribution in [-0.4, -0.2) is 69.0 Å². The fraction of sp³-hybridized carbons (Fsp3) is 0.652. The molecule has 0 spiro atoms. The Bertz CT molecular complexity index is 950. The molecule has 178 valence electrons. The van der Waals surface area contributed by atoms with Gasteiger partial charge in [0.1, 0.15) is 0 Å². The molecule has 2 amide bonds. The second kappa shape index (κ2) is 9.79. The molecule has 3 rings (SSSR count). The van der Waals surface area contributed by atoms with Gasteiger partial charge in [0.25, 0.3) is 0 Å². The maximum absolute atomic E-state index is 13.4. The molecule has 2 saturated heterocycles. The minimum Gasteiger partial charge on any atom is -0.453 e. The normalized spacial score (nSPS) is 19.1. The molecule has 2 fully saturated rings. The maximum atomic E-state index is 13.4. The first-order valence-electron chi connectivity index (χ1n) is 11.3. The lowest BCUT2D eigenvalue weighted by Crippen LogP contribution is -2.49. The monoisotopic (exact) mass is 465 g/mol. The molecule has 8 nitrogen and oxygen atoms in total. The van der Waals surface area contributed by atoms with E-state index in [1.54, 1.807) is 4.90 Å². The van der Waals surface area contributed by atoms with Gasteiger partial charge in [-0.05, 0) is 75.6 Å². The molecule has 0 unspecified atom stereocenters. The molecule has 0 bridgehead atoms. The maximum Gasteiger partial charge on any atom is 0.409 e. The van der Waals surface area contributed by atoms with Gasteiger partial charge in [0.2, 0.25) is 15.9 Å². The largest absolute Gasteiger partial charge is 0.453 e. The van der Waals surface area contributed by atoms with Crippen molar-refractivity contribution in [3.05, 3.63) is 28.3 Å². The van der Waals surface area contributed by atoms with Crippen molar-refractivity contribution < 1.29 is 22.7 Å². The summed E-state index contributed by atoms with van der Waals surface area (Å²) >= 11 is 0. The second-order valence-corrected chi connectivity index (χ2v) is 10.9. The Labute approximate surface area is 191 Å². The molecule has 0 atom stereocenters. The van der Waals surface area contributed by atoms with Crippen LogP contribution in [0.1, 0.15) is 47.9 Å². The van der Waals surface area contributed by atoms with Gasteiger partial charge in [-0.25, -0.2) is 13.2 Å². The lowest BCUT2D eigenvalue weighted by Gasteiger charge is -2.34. The highest BCUT2D eigenvalue weighted by Crippen LogP contribution is 2.31. The molecule has 0 aromatic heterocycles. The summed E-state index contributed by atoms with van der Waals surface area (Å²) in [4.78, 5) is 26.4.